The lowest BCUT2D eigenvalue weighted by atomic mass is 10.1. The van der Waals surface area contributed by atoms with E-state index in [9.17, 15) is 13.2 Å². The van der Waals surface area contributed by atoms with E-state index in [1.54, 1.807) is 13.0 Å². The number of carbonyl (C=O) groups excluding carboxylic acids is 1. The van der Waals surface area contributed by atoms with Gasteiger partial charge in [0, 0.05) is 23.7 Å². The molecule has 0 atom stereocenters. The summed E-state index contributed by atoms with van der Waals surface area (Å²) < 4.78 is 38.6. The number of carbonyl (C=O) groups is 1. The molecule has 2 rings (SSSR count). The van der Waals surface area contributed by atoms with Crippen LogP contribution in [0.5, 0.6) is 11.5 Å². The Labute approximate surface area is 170 Å². The molecule has 0 fully saturated rings. The van der Waals surface area contributed by atoms with Crippen molar-refractivity contribution in [1.82, 2.24) is 5.32 Å². The van der Waals surface area contributed by atoms with Crippen molar-refractivity contribution in [3.05, 3.63) is 46.5 Å². The third kappa shape index (κ3) is 4.88. The van der Waals surface area contributed by atoms with Gasteiger partial charge in [0.15, 0.2) is 0 Å². The van der Waals surface area contributed by atoms with Crippen LogP contribution in [-0.4, -0.2) is 34.6 Å². The van der Waals surface area contributed by atoms with Gasteiger partial charge in [-0.25, -0.2) is 8.42 Å². The number of nitrogens with one attached hydrogen (secondary N) is 2. The van der Waals surface area contributed by atoms with Crippen molar-refractivity contribution >= 4 is 33.2 Å². The Hall–Kier alpha value is -2.45. The Kier molecular flexibility index (Phi) is 6.79. The van der Waals surface area contributed by atoms with Crippen molar-refractivity contribution in [2.24, 2.45) is 0 Å². The number of halogens is 1. The van der Waals surface area contributed by atoms with Gasteiger partial charge in [-0.2, -0.15) is 0 Å². The van der Waals surface area contributed by atoms with Crippen molar-refractivity contribution in [3.63, 3.8) is 0 Å². The number of ether oxygens (including phenoxy) is 2. The van der Waals surface area contributed by atoms with Crippen LogP contribution >= 0.6 is 11.6 Å². The summed E-state index contributed by atoms with van der Waals surface area (Å²) in [4.78, 5) is 12.3. The topological polar surface area (TPSA) is 93.7 Å². The number of hydrogen-bond acceptors (Lipinski definition) is 5. The number of methoxy groups -OCH3 is 2. The molecule has 0 radical (unpaired) electrons. The van der Waals surface area contributed by atoms with E-state index < -0.39 is 10.0 Å². The summed E-state index contributed by atoms with van der Waals surface area (Å²) in [6.07, 6.45) is 0. The molecule has 0 aliphatic carbocycles. The normalized spacial score (nSPS) is 11.2. The predicted molar refractivity (Wildman–Crippen MR) is 109 cm³/mol. The van der Waals surface area contributed by atoms with E-state index in [0.29, 0.717) is 11.3 Å². The molecule has 0 aromatic heterocycles. The van der Waals surface area contributed by atoms with Crippen molar-refractivity contribution in [1.29, 1.82) is 0 Å². The largest absolute Gasteiger partial charge is 0.495 e. The van der Waals surface area contributed by atoms with Crippen LogP contribution in [0.1, 0.15) is 29.8 Å². The van der Waals surface area contributed by atoms with Crippen LogP contribution in [0, 0.1) is 6.92 Å². The second-order valence-electron chi connectivity index (χ2n) is 6.40. The summed E-state index contributed by atoms with van der Waals surface area (Å²) >= 11 is 6.06. The number of sulfonamides is 1. The molecule has 7 nitrogen and oxygen atoms in total. The molecule has 2 aromatic rings. The Morgan fingerprint density at radius 3 is 2.29 bits per heavy atom. The third-order valence-electron chi connectivity index (χ3n) is 3.90. The number of amides is 1. The lowest BCUT2D eigenvalue weighted by Crippen LogP contribution is -2.30. The molecule has 0 unspecified atom stereocenters. The first-order valence-electron chi connectivity index (χ1n) is 8.45. The maximum atomic E-state index is 12.9. The number of rotatable bonds is 7. The number of benzene rings is 2. The second kappa shape index (κ2) is 8.70. The Bertz CT molecular complexity index is 990. The molecule has 28 heavy (non-hydrogen) atoms. The van der Waals surface area contributed by atoms with Gasteiger partial charge in [0.05, 0.1) is 29.8 Å². The molecule has 2 aromatic carbocycles. The van der Waals surface area contributed by atoms with E-state index in [2.05, 4.69) is 10.0 Å². The fraction of sp³-hybridized carbons (Fsp3) is 0.316. The van der Waals surface area contributed by atoms with Gasteiger partial charge in [-0.3, -0.25) is 9.52 Å². The van der Waals surface area contributed by atoms with Gasteiger partial charge in [-0.15, -0.1) is 0 Å². The second-order valence-corrected chi connectivity index (χ2v) is 8.49. The average Bonchev–Trinajstić information content (AvgIpc) is 2.62. The van der Waals surface area contributed by atoms with Crippen LogP contribution in [0.25, 0.3) is 0 Å². The van der Waals surface area contributed by atoms with E-state index in [1.165, 1.54) is 38.5 Å². The highest BCUT2D eigenvalue weighted by Crippen LogP contribution is 2.37. The third-order valence-corrected chi connectivity index (χ3v) is 5.56. The summed E-state index contributed by atoms with van der Waals surface area (Å²) in [6.45, 7) is 5.40. The van der Waals surface area contributed by atoms with Crippen LogP contribution in [0.3, 0.4) is 0 Å². The smallest absolute Gasteiger partial charge is 0.262 e. The summed E-state index contributed by atoms with van der Waals surface area (Å²) in [7, 11) is -1.17. The van der Waals surface area contributed by atoms with E-state index in [1.807, 2.05) is 13.8 Å². The molecule has 0 heterocycles. The maximum Gasteiger partial charge on any atom is 0.262 e. The zero-order valence-corrected chi connectivity index (χ0v) is 17.9. The first-order valence-corrected chi connectivity index (χ1v) is 10.3. The van der Waals surface area contributed by atoms with E-state index in [-0.39, 0.29) is 38.9 Å². The molecule has 0 saturated carbocycles. The van der Waals surface area contributed by atoms with Crippen LogP contribution in [0.4, 0.5) is 5.69 Å². The molecule has 0 saturated heterocycles. The average molecular weight is 427 g/mol. The molecule has 2 N–H and O–H groups in total. The zero-order valence-electron chi connectivity index (χ0n) is 16.3. The molecule has 0 aliphatic rings. The number of aryl methyl sites for hydroxylation is 1. The fourth-order valence-corrected chi connectivity index (χ4v) is 3.81. The summed E-state index contributed by atoms with van der Waals surface area (Å²) in [5.41, 5.74) is 1.12. The molecule has 9 heteroatoms. The number of hydrogen-bond donors (Lipinski definition) is 2. The Morgan fingerprint density at radius 2 is 1.71 bits per heavy atom. The summed E-state index contributed by atoms with van der Waals surface area (Å²) in [5, 5.41) is 3.05. The molecular weight excluding hydrogens is 404 g/mol. The van der Waals surface area contributed by atoms with E-state index in [0.717, 1.165) is 0 Å². The minimum atomic E-state index is -3.99. The summed E-state index contributed by atoms with van der Waals surface area (Å²) in [6, 6.07) is 7.17. The molecule has 0 bridgehead atoms. The van der Waals surface area contributed by atoms with Gasteiger partial charge in [-0.1, -0.05) is 17.7 Å². The lowest BCUT2D eigenvalue weighted by molar-refractivity contribution is 0.0942. The van der Waals surface area contributed by atoms with Crippen LogP contribution in [0.2, 0.25) is 5.02 Å². The van der Waals surface area contributed by atoms with E-state index >= 15 is 0 Å². The van der Waals surface area contributed by atoms with Crippen molar-refractivity contribution < 1.29 is 22.7 Å². The van der Waals surface area contributed by atoms with Gasteiger partial charge in [0.25, 0.3) is 15.9 Å². The van der Waals surface area contributed by atoms with Gasteiger partial charge >= 0.3 is 0 Å². The van der Waals surface area contributed by atoms with Gasteiger partial charge in [0.2, 0.25) is 0 Å². The van der Waals surface area contributed by atoms with Crippen LogP contribution in [0.15, 0.2) is 35.2 Å². The summed E-state index contributed by atoms with van der Waals surface area (Å²) in [5.74, 6) is 0.190. The highest BCUT2D eigenvalue weighted by atomic mass is 35.5. The first-order chi connectivity index (χ1) is 13.1. The van der Waals surface area contributed by atoms with Crippen molar-refractivity contribution in [2.75, 3.05) is 18.9 Å². The maximum absolute atomic E-state index is 12.9. The standard InChI is InChI=1S/C19H23ClN2O5S/c1-11(2)21-19(23)14-8-13(7-6-12(14)3)28(24,25)22-16-10-17(26-4)15(20)9-18(16)27-5/h6-11,22H,1-5H3,(H,21,23). The van der Waals surface area contributed by atoms with Crippen LogP contribution < -0.4 is 19.5 Å². The minimum Gasteiger partial charge on any atom is -0.495 e. The fourth-order valence-electron chi connectivity index (χ4n) is 2.50. The number of anilines is 1. The highest BCUT2D eigenvalue weighted by Gasteiger charge is 2.21. The quantitative estimate of drug-likeness (QED) is 0.705. The SMILES string of the molecule is COc1cc(NS(=O)(=O)c2ccc(C)c(C(=O)NC(C)C)c2)c(OC)cc1Cl. The Morgan fingerprint density at radius 1 is 1.07 bits per heavy atom. The van der Waals surface area contributed by atoms with Gasteiger partial charge in [-0.05, 0) is 38.5 Å². The van der Waals surface area contributed by atoms with Crippen molar-refractivity contribution in [3.8, 4) is 11.5 Å². The minimum absolute atomic E-state index is 0.0528. The molecule has 1 amide bonds. The molecular formula is C19H23ClN2O5S. The van der Waals surface area contributed by atoms with Crippen LogP contribution in [-0.2, 0) is 10.0 Å². The van der Waals surface area contributed by atoms with Gasteiger partial charge < -0.3 is 14.8 Å². The molecule has 152 valence electrons. The van der Waals surface area contributed by atoms with Crippen molar-refractivity contribution in [2.45, 2.75) is 31.7 Å². The van der Waals surface area contributed by atoms with Gasteiger partial charge in [0.1, 0.15) is 11.5 Å². The first kappa shape index (κ1) is 21.8. The highest BCUT2D eigenvalue weighted by molar-refractivity contribution is 7.92. The Balaban J connectivity index is 2.45. The molecule has 0 spiro atoms. The predicted octanol–water partition coefficient (Wildman–Crippen LogP) is 3.60. The monoisotopic (exact) mass is 426 g/mol. The lowest BCUT2D eigenvalue weighted by Gasteiger charge is -2.15. The molecule has 0 aliphatic heterocycles. The zero-order chi connectivity index (χ0) is 21.1. The van der Waals surface area contributed by atoms with E-state index in [4.69, 9.17) is 21.1 Å².